The van der Waals surface area contributed by atoms with Crippen LogP contribution in [0, 0.1) is 5.82 Å². The number of rotatable bonds is 6. The van der Waals surface area contributed by atoms with Gasteiger partial charge in [-0.3, -0.25) is 0 Å². The highest BCUT2D eigenvalue weighted by molar-refractivity contribution is 7.12. The van der Waals surface area contributed by atoms with E-state index in [4.69, 9.17) is 14.2 Å². The Morgan fingerprint density at radius 2 is 1.97 bits per heavy atom. The number of cyclic esters (lactones) is 1. The van der Waals surface area contributed by atoms with Crippen molar-refractivity contribution < 1.29 is 23.4 Å². The molecule has 1 aromatic heterocycles. The third kappa shape index (κ3) is 4.35. The maximum atomic E-state index is 13.0. The van der Waals surface area contributed by atoms with Crippen LogP contribution in [0.1, 0.15) is 16.0 Å². The number of thiophene rings is 1. The molecule has 5 nitrogen and oxygen atoms in total. The Morgan fingerprint density at radius 1 is 1.14 bits per heavy atom. The third-order valence-electron chi connectivity index (χ3n) is 4.15. The molecule has 4 rings (SSSR count). The van der Waals surface area contributed by atoms with Crippen molar-refractivity contribution in [2.75, 3.05) is 7.11 Å². The molecule has 0 atom stereocenters. The lowest BCUT2D eigenvalue weighted by Crippen LogP contribution is -2.03. The smallest absolute Gasteiger partial charge is 0.363 e. The molecule has 2 aromatic carbocycles. The van der Waals surface area contributed by atoms with Gasteiger partial charge in [0.2, 0.25) is 5.90 Å². The Kier molecular flexibility index (Phi) is 5.39. The number of carbonyl (C=O) groups is 1. The highest BCUT2D eigenvalue weighted by Crippen LogP contribution is 2.30. The Morgan fingerprint density at radius 3 is 2.69 bits per heavy atom. The van der Waals surface area contributed by atoms with Crippen LogP contribution in [0.4, 0.5) is 4.39 Å². The monoisotopic (exact) mass is 409 g/mol. The molecule has 29 heavy (non-hydrogen) atoms. The summed E-state index contributed by atoms with van der Waals surface area (Å²) in [5.41, 5.74) is 1.78. The number of nitrogens with zero attached hydrogens (tertiary/aromatic N) is 1. The molecule has 0 aliphatic carbocycles. The summed E-state index contributed by atoms with van der Waals surface area (Å²) >= 11 is 1.45. The van der Waals surface area contributed by atoms with Gasteiger partial charge in [-0.05, 0) is 52.9 Å². The Bertz CT molecular complexity index is 1090. The topological polar surface area (TPSA) is 57.1 Å². The molecule has 0 amide bonds. The summed E-state index contributed by atoms with van der Waals surface area (Å²) in [4.78, 5) is 17.2. The molecule has 7 heteroatoms. The highest BCUT2D eigenvalue weighted by atomic mass is 32.1. The van der Waals surface area contributed by atoms with Crippen molar-refractivity contribution in [1.29, 1.82) is 0 Å². The summed E-state index contributed by atoms with van der Waals surface area (Å²) < 4.78 is 29.4. The van der Waals surface area contributed by atoms with E-state index < -0.39 is 5.97 Å². The Balaban J connectivity index is 1.52. The van der Waals surface area contributed by atoms with Gasteiger partial charge in [-0.1, -0.05) is 24.3 Å². The summed E-state index contributed by atoms with van der Waals surface area (Å²) in [6.45, 7) is 0.276. The third-order valence-corrected chi connectivity index (χ3v) is 5.01. The summed E-state index contributed by atoms with van der Waals surface area (Å²) in [5.74, 6) is 0.566. The first-order valence-electron chi connectivity index (χ1n) is 8.74. The van der Waals surface area contributed by atoms with Crippen molar-refractivity contribution in [2.45, 2.75) is 6.61 Å². The largest absolute Gasteiger partial charge is 0.493 e. The second-order valence-electron chi connectivity index (χ2n) is 6.14. The van der Waals surface area contributed by atoms with E-state index in [2.05, 4.69) is 4.99 Å². The van der Waals surface area contributed by atoms with Gasteiger partial charge in [0.15, 0.2) is 17.2 Å². The van der Waals surface area contributed by atoms with E-state index in [0.29, 0.717) is 17.4 Å². The maximum Gasteiger partial charge on any atom is 0.363 e. The van der Waals surface area contributed by atoms with Gasteiger partial charge in [0, 0.05) is 0 Å². The highest BCUT2D eigenvalue weighted by Gasteiger charge is 2.24. The van der Waals surface area contributed by atoms with Gasteiger partial charge in [-0.15, -0.1) is 11.3 Å². The zero-order chi connectivity index (χ0) is 20.2. The molecule has 0 unspecified atom stereocenters. The number of ether oxygens (including phenoxy) is 3. The van der Waals surface area contributed by atoms with E-state index >= 15 is 0 Å². The van der Waals surface area contributed by atoms with Crippen molar-refractivity contribution in [3.8, 4) is 11.5 Å². The second kappa shape index (κ2) is 8.28. The van der Waals surface area contributed by atoms with Crippen molar-refractivity contribution >= 4 is 29.3 Å². The Labute approximate surface area is 170 Å². The van der Waals surface area contributed by atoms with Crippen LogP contribution in [0.2, 0.25) is 0 Å². The fourth-order valence-corrected chi connectivity index (χ4v) is 3.36. The van der Waals surface area contributed by atoms with Crippen molar-refractivity contribution in [1.82, 2.24) is 0 Å². The number of halogens is 1. The molecule has 0 radical (unpaired) electrons. The van der Waals surface area contributed by atoms with Crippen LogP contribution in [-0.2, 0) is 16.1 Å². The van der Waals surface area contributed by atoms with Gasteiger partial charge in [-0.2, -0.15) is 0 Å². The van der Waals surface area contributed by atoms with Crippen LogP contribution in [0.5, 0.6) is 11.5 Å². The predicted molar refractivity (Wildman–Crippen MR) is 109 cm³/mol. The summed E-state index contributed by atoms with van der Waals surface area (Å²) in [7, 11) is 1.54. The number of hydrogen-bond donors (Lipinski definition) is 0. The van der Waals surface area contributed by atoms with Crippen LogP contribution in [0.15, 0.2) is 70.7 Å². The molecule has 0 saturated heterocycles. The average Bonchev–Trinajstić information content (AvgIpc) is 3.38. The van der Waals surface area contributed by atoms with Gasteiger partial charge in [0.05, 0.1) is 12.0 Å². The van der Waals surface area contributed by atoms with Gasteiger partial charge < -0.3 is 14.2 Å². The van der Waals surface area contributed by atoms with Crippen molar-refractivity contribution in [3.05, 3.63) is 87.5 Å². The average molecular weight is 409 g/mol. The van der Waals surface area contributed by atoms with E-state index in [1.165, 1.54) is 30.6 Å². The van der Waals surface area contributed by atoms with E-state index in [0.717, 1.165) is 16.0 Å². The van der Waals surface area contributed by atoms with Gasteiger partial charge in [-0.25, -0.2) is 14.2 Å². The number of carbonyl (C=O) groups excluding carboxylic acids is 1. The van der Waals surface area contributed by atoms with E-state index in [1.54, 1.807) is 36.4 Å². The maximum absolute atomic E-state index is 13.0. The quantitative estimate of drug-likeness (QED) is 0.433. The molecule has 0 saturated carbocycles. The normalized spacial score (nSPS) is 14.6. The van der Waals surface area contributed by atoms with Crippen LogP contribution in [-0.4, -0.2) is 19.0 Å². The molecule has 1 aliphatic rings. The molecular formula is C22H16FNO4S. The van der Waals surface area contributed by atoms with Gasteiger partial charge in [0.25, 0.3) is 0 Å². The fourth-order valence-electron chi connectivity index (χ4n) is 2.71. The summed E-state index contributed by atoms with van der Waals surface area (Å²) in [6.07, 6.45) is 1.63. The summed E-state index contributed by atoms with van der Waals surface area (Å²) in [6, 6.07) is 15.1. The standard InChI is InChI=1S/C22H16FNO4S/c1-26-19-12-15(6-9-18(19)27-13-14-4-7-16(23)8-5-14)11-17-22(25)28-21(24-17)20-3-2-10-29-20/h2-12H,13H2,1H3/b17-11-. The Hall–Kier alpha value is -3.45. The zero-order valence-corrected chi connectivity index (χ0v) is 16.2. The number of benzene rings is 2. The van der Waals surface area contributed by atoms with Crippen LogP contribution in [0.3, 0.4) is 0 Å². The SMILES string of the molecule is COc1cc(/C=C2\N=C(c3cccs3)OC2=O)ccc1OCc1ccc(F)cc1. The number of esters is 1. The molecule has 0 bridgehead atoms. The first kappa shape index (κ1) is 18.9. The fraction of sp³-hybridized carbons (Fsp3) is 0.0909. The second-order valence-corrected chi connectivity index (χ2v) is 7.09. The van der Waals surface area contributed by atoms with Gasteiger partial charge >= 0.3 is 5.97 Å². The number of hydrogen-bond acceptors (Lipinski definition) is 6. The minimum Gasteiger partial charge on any atom is -0.493 e. The number of methoxy groups -OCH3 is 1. The lowest BCUT2D eigenvalue weighted by molar-refractivity contribution is -0.129. The minimum absolute atomic E-state index is 0.218. The van der Waals surface area contributed by atoms with Crippen LogP contribution >= 0.6 is 11.3 Å². The lowest BCUT2D eigenvalue weighted by atomic mass is 10.1. The van der Waals surface area contributed by atoms with E-state index in [-0.39, 0.29) is 18.1 Å². The van der Waals surface area contributed by atoms with E-state index in [1.807, 2.05) is 17.5 Å². The molecular weight excluding hydrogens is 393 g/mol. The molecule has 0 fully saturated rings. The first-order valence-corrected chi connectivity index (χ1v) is 9.62. The predicted octanol–water partition coefficient (Wildman–Crippen LogP) is 4.82. The minimum atomic E-state index is -0.496. The van der Waals surface area contributed by atoms with Crippen LogP contribution in [0.25, 0.3) is 6.08 Å². The molecule has 1 aliphatic heterocycles. The lowest BCUT2D eigenvalue weighted by Gasteiger charge is -2.11. The number of aliphatic imine (C=N–C) groups is 1. The van der Waals surface area contributed by atoms with Gasteiger partial charge in [0.1, 0.15) is 12.4 Å². The van der Waals surface area contributed by atoms with Crippen molar-refractivity contribution in [2.24, 2.45) is 4.99 Å². The molecule has 3 aromatic rings. The molecule has 0 spiro atoms. The molecule has 2 heterocycles. The first-order chi connectivity index (χ1) is 14.1. The molecule has 0 N–H and O–H groups in total. The van der Waals surface area contributed by atoms with E-state index in [9.17, 15) is 9.18 Å². The zero-order valence-electron chi connectivity index (χ0n) is 15.4. The van der Waals surface area contributed by atoms with Crippen molar-refractivity contribution in [3.63, 3.8) is 0 Å². The molecule has 146 valence electrons. The summed E-state index contributed by atoms with van der Waals surface area (Å²) in [5, 5.41) is 1.89. The van der Waals surface area contributed by atoms with Crippen LogP contribution < -0.4 is 9.47 Å².